The van der Waals surface area contributed by atoms with Crippen LogP contribution in [0, 0.1) is 13.8 Å². The van der Waals surface area contributed by atoms with E-state index < -0.39 is 0 Å². The van der Waals surface area contributed by atoms with Gasteiger partial charge in [-0.3, -0.25) is 4.79 Å². The van der Waals surface area contributed by atoms with E-state index >= 15 is 0 Å². The number of halogens is 1. The lowest BCUT2D eigenvalue weighted by atomic mass is 10.0. The first-order chi connectivity index (χ1) is 11.0. The average molecular weight is 330 g/mol. The minimum absolute atomic E-state index is 0.0247. The lowest BCUT2D eigenvalue weighted by Crippen LogP contribution is -2.36. The van der Waals surface area contributed by atoms with Gasteiger partial charge in [-0.1, -0.05) is 16.8 Å². The molecule has 0 spiro atoms. The van der Waals surface area contributed by atoms with Crippen LogP contribution in [-0.2, 0) is 13.0 Å². The van der Waals surface area contributed by atoms with Gasteiger partial charge in [-0.25, -0.2) is 0 Å². The first kappa shape index (κ1) is 14.3. The first-order valence-electron chi connectivity index (χ1n) is 7.55. The number of aromatic amines is 1. The van der Waals surface area contributed by atoms with Gasteiger partial charge in [-0.15, -0.1) is 0 Å². The number of fused-ring (bicyclic) bond motifs is 3. The predicted octanol–water partition coefficient (Wildman–Crippen LogP) is 3.62. The summed E-state index contributed by atoms with van der Waals surface area (Å²) >= 11 is 6.12. The maximum absolute atomic E-state index is 12.8. The number of carbonyl (C=O) groups is 1. The molecular weight excluding hydrogens is 314 g/mol. The maximum atomic E-state index is 12.8. The molecule has 1 amide bonds. The molecule has 2 aromatic heterocycles. The Morgan fingerprint density at radius 1 is 1.39 bits per heavy atom. The summed E-state index contributed by atoms with van der Waals surface area (Å²) in [6, 6.07) is 5.81. The smallest absolute Gasteiger partial charge is 0.259 e. The molecule has 0 saturated heterocycles. The van der Waals surface area contributed by atoms with E-state index in [0.717, 1.165) is 22.9 Å². The van der Waals surface area contributed by atoms with E-state index in [1.165, 1.54) is 5.69 Å². The summed E-state index contributed by atoms with van der Waals surface area (Å²) in [6.45, 7) is 4.81. The van der Waals surface area contributed by atoms with Crippen molar-refractivity contribution in [2.75, 3.05) is 6.54 Å². The van der Waals surface area contributed by atoms with Crippen LogP contribution in [-0.4, -0.2) is 27.5 Å². The number of rotatable bonds is 1. The molecule has 1 aromatic carbocycles. The van der Waals surface area contributed by atoms with Crippen molar-refractivity contribution in [3.05, 3.63) is 51.5 Å². The SMILES string of the molecule is Cc1noc(C)c1C(=O)N1CCc2[nH]c3ccc(Cl)cc3c2C1. The number of benzene rings is 1. The van der Waals surface area contributed by atoms with Crippen molar-refractivity contribution in [1.82, 2.24) is 15.0 Å². The number of amides is 1. The molecule has 3 aromatic rings. The van der Waals surface area contributed by atoms with E-state index in [2.05, 4.69) is 10.1 Å². The van der Waals surface area contributed by atoms with Gasteiger partial charge in [0, 0.05) is 46.7 Å². The lowest BCUT2D eigenvalue weighted by Gasteiger charge is -2.27. The number of carbonyl (C=O) groups excluding carboxylic acids is 1. The predicted molar refractivity (Wildman–Crippen MR) is 87.7 cm³/mol. The summed E-state index contributed by atoms with van der Waals surface area (Å²) in [4.78, 5) is 18.1. The van der Waals surface area contributed by atoms with Crippen LogP contribution in [0.2, 0.25) is 5.02 Å². The Hall–Kier alpha value is -2.27. The summed E-state index contributed by atoms with van der Waals surface area (Å²) in [5.41, 5.74) is 4.61. The van der Waals surface area contributed by atoms with E-state index in [9.17, 15) is 4.79 Å². The lowest BCUT2D eigenvalue weighted by molar-refractivity contribution is 0.0732. The Balaban J connectivity index is 1.72. The summed E-state index contributed by atoms with van der Waals surface area (Å²) < 4.78 is 5.13. The fraction of sp³-hybridized carbons (Fsp3) is 0.294. The molecule has 6 heteroatoms. The highest BCUT2D eigenvalue weighted by atomic mass is 35.5. The zero-order chi connectivity index (χ0) is 16.1. The molecule has 3 heterocycles. The number of hydrogen-bond donors (Lipinski definition) is 1. The Kier molecular flexibility index (Phi) is 3.20. The Bertz CT molecular complexity index is 906. The molecule has 0 aliphatic carbocycles. The third kappa shape index (κ3) is 2.23. The first-order valence-corrected chi connectivity index (χ1v) is 7.93. The molecule has 1 aliphatic rings. The highest BCUT2D eigenvalue weighted by molar-refractivity contribution is 6.31. The Morgan fingerprint density at radius 3 is 2.96 bits per heavy atom. The molecule has 0 unspecified atom stereocenters. The van der Waals surface area contributed by atoms with E-state index in [1.54, 1.807) is 13.8 Å². The fourth-order valence-corrected chi connectivity index (χ4v) is 3.48. The van der Waals surface area contributed by atoms with Gasteiger partial charge in [-0.05, 0) is 32.0 Å². The average Bonchev–Trinajstić information content (AvgIpc) is 3.06. The maximum Gasteiger partial charge on any atom is 0.259 e. The zero-order valence-electron chi connectivity index (χ0n) is 12.9. The van der Waals surface area contributed by atoms with Crippen molar-refractivity contribution in [3.8, 4) is 0 Å². The second kappa shape index (κ2) is 5.13. The molecule has 1 aliphatic heterocycles. The van der Waals surface area contributed by atoms with Crippen LogP contribution in [0.3, 0.4) is 0 Å². The molecule has 0 radical (unpaired) electrons. The second-order valence-corrected chi connectivity index (χ2v) is 6.38. The molecule has 0 atom stereocenters. The quantitative estimate of drug-likeness (QED) is 0.741. The molecule has 118 valence electrons. The molecule has 0 fully saturated rings. The van der Waals surface area contributed by atoms with Crippen molar-refractivity contribution in [3.63, 3.8) is 0 Å². The highest BCUT2D eigenvalue weighted by Gasteiger charge is 2.28. The highest BCUT2D eigenvalue weighted by Crippen LogP contribution is 2.30. The van der Waals surface area contributed by atoms with Gasteiger partial charge >= 0.3 is 0 Å². The number of nitrogens with zero attached hydrogens (tertiary/aromatic N) is 2. The third-order valence-corrected chi connectivity index (χ3v) is 4.71. The van der Waals surface area contributed by atoms with E-state index in [4.69, 9.17) is 16.1 Å². The summed E-state index contributed by atoms with van der Waals surface area (Å²) in [6.07, 6.45) is 0.802. The molecule has 0 saturated carbocycles. The zero-order valence-corrected chi connectivity index (χ0v) is 13.7. The number of aromatic nitrogens is 2. The molecule has 4 rings (SSSR count). The molecule has 0 bridgehead atoms. The van der Waals surface area contributed by atoms with Crippen molar-refractivity contribution in [2.24, 2.45) is 0 Å². The van der Waals surface area contributed by atoms with Crippen molar-refractivity contribution in [1.29, 1.82) is 0 Å². The van der Waals surface area contributed by atoms with E-state index in [1.807, 2.05) is 23.1 Å². The third-order valence-electron chi connectivity index (χ3n) is 4.47. The molecule has 1 N–H and O–H groups in total. The van der Waals surface area contributed by atoms with Gasteiger partial charge in [0.05, 0.1) is 5.69 Å². The standard InChI is InChI=1S/C17H16ClN3O2/c1-9-16(10(2)23-20-9)17(22)21-6-5-15-13(8-21)12-7-11(18)3-4-14(12)19-15/h3-4,7,19H,5-6,8H2,1-2H3. The fourth-order valence-electron chi connectivity index (χ4n) is 3.31. The topological polar surface area (TPSA) is 62.1 Å². The van der Waals surface area contributed by atoms with Gasteiger partial charge in [0.2, 0.25) is 0 Å². The second-order valence-electron chi connectivity index (χ2n) is 5.95. The van der Waals surface area contributed by atoms with Gasteiger partial charge in [0.25, 0.3) is 5.91 Å². The molecule has 5 nitrogen and oxygen atoms in total. The van der Waals surface area contributed by atoms with E-state index in [-0.39, 0.29) is 5.91 Å². The van der Waals surface area contributed by atoms with Crippen LogP contribution in [0.4, 0.5) is 0 Å². The van der Waals surface area contributed by atoms with E-state index in [0.29, 0.717) is 35.1 Å². The Morgan fingerprint density at radius 2 is 2.22 bits per heavy atom. The minimum atomic E-state index is -0.0247. The summed E-state index contributed by atoms with van der Waals surface area (Å²) in [5, 5.41) is 5.67. The van der Waals surface area contributed by atoms with Crippen molar-refractivity contribution >= 4 is 28.4 Å². The summed E-state index contributed by atoms with van der Waals surface area (Å²) in [5.74, 6) is 0.545. The largest absolute Gasteiger partial charge is 0.361 e. The van der Waals surface area contributed by atoms with Crippen LogP contribution >= 0.6 is 11.6 Å². The van der Waals surface area contributed by atoms with Crippen LogP contribution < -0.4 is 0 Å². The molecular formula is C17H16ClN3O2. The van der Waals surface area contributed by atoms with Crippen LogP contribution in [0.1, 0.15) is 33.1 Å². The van der Waals surface area contributed by atoms with Crippen LogP contribution in [0.15, 0.2) is 22.7 Å². The summed E-state index contributed by atoms with van der Waals surface area (Å²) in [7, 11) is 0. The van der Waals surface area contributed by atoms with Crippen LogP contribution in [0.25, 0.3) is 10.9 Å². The van der Waals surface area contributed by atoms with Gasteiger partial charge in [0.15, 0.2) is 0 Å². The van der Waals surface area contributed by atoms with Gasteiger partial charge < -0.3 is 14.4 Å². The van der Waals surface area contributed by atoms with Crippen LogP contribution in [0.5, 0.6) is 0 Å². The van der Waals surface area contributed by atoms with Gasteiger partial charge in [-0.2, -0.15) is 0 Å². The van der Waals surface area contributed by atoms with Crippen molar-refractivity contribution in [2.45, 2.75) is 26.8 Å². The monoisotopic (exact) mass is 329 g/mol. The normalized spacial score (nSPS) is 14.3. The number of H-pyrrole nitrogens is 1. The molecule has 23 heavy (non-hydrogen) atoms. The minimum Gasteiger partial charge on any atom is -0.361 e. The number of nitrogens with one attached hydrogen (secondary N) is 1. The Labute approximate surface area is 138 Å². The van der Waals surface area contributed by atoms with Crippen molar-refractivity contribution < 1.29 is 9.32 Å². The number of hydrogen-bond acceptors (Lipinski definition) is 3. The number of aryl methyl sites for hydroxylation is 2. The van der Waals surface area contributed by atoms with Gasteiger partial charge in [0.1, 0.15) is 11.3 Å².